The van der Waals surface area contributed by atoms with Crippen LogP contribution in [-0.4, -0.2) is 52.7 Å². The van der Waals surface area contributed by atoms with Gasteiger partial charge in [-0.15, -0.1) is 0 Å². The summed E-state index contributed by atoms with van der Waals surface area (Å²) < 4.78 is 10.9. The second-order valence-corrected chi connectivity index (χ2v) is 5.89. The molecule has 0 aromatic heterocycles. The van der Waals surface area contributed by atoms with E-state index in [1.807, 2.05) is 11.8 Å². The lowest BCUT2D eigenvalue weighted by molar-refractivity contribution is -0.133. The Hall–Kier alpha value is -0.420. The van der Waals surface area contributed by atoms with E-state index >= 15 is 0 Å². The third kappa shape index (κ3) is 4.61. The number of piperidine rings is 1. The molecule has 1 heterocycles. The van der Waals surface area contributed by atoms with Crippen molar-refractivity contribution in [2.45, 2.75) is 32.2 Å². The minimum Gasteiger partial charge on any atom is -0.341 e. The first kappa shape index (κ1) is 13.6. The summed E-state index contributed by atoms with van der Waals surface area (Å²) in [7, 11) is -0.787. The summed E-state index contributed by atoms with van der Waals surface area (Å²) in [4.78, 5) is 13.9. The van der Waals surface area contributed by atoms with Crippen molar-refractivity contribution >= 4 is 16.7 Å². The molecular formula is C11H22N2O2S. The van der Waals surface area contributed by atoms with Crippen molar-refractivity contribution < 1.29 is 9.00 Å². The number of likely N-dealkylation sites (tertiary alicyclic amines) is 1. The lowest BCUT2D eigenvalue weighted by Crippen LogP contribution is -2.47. The molecular weight excluding hydrogens is 224 g/mol. The van der Waals surface area contributed by atoms with E-state index in [0.29, 0.717) is 12.3 Å². The van der Waals surface area contributed by atoms with Crippen LogP contribution in [0.5, 0.6) is 0 Å². The van der Waals surface area contributed by atoms with Crippen molar-refractivity contribution in [1.82, 2.24) is 10.2 Å². The molecule has 1 rings (SSSR count). The van der Waals surface area contributed by atoms with Gasteiger partial charge in [0.2, 0.25) is 5.91 Å². The predicted octanol–water partition coefficient (Wildman–Crippen LogP) is 0.356. The highest BCUT2D eigenvalue weighted by Crippen LogP contribution is 2.09. The van der Waals surface area contributed by atoms with Crippen molar-refractivity contribution in [3.05, 3.63) is 0 Å². The van der Waals surface area contributed by atoms with Gasteiger partial charge in [0.1, 0.15) is 0 Å². The second-order valence-electron chi connectivity index (χ2n) is 4.34. The van der Waals surface area contributed by atoms with E-state index in [-0.39, 0.29) is 11.9 Å². The van der Waals surface area contributed by atoms with E-state index in [1.54, 1.807) is 6.26 Å². The quantitative estimate of drug-likeness (QED) is 0.762. The molecule has 0 aromatic rings. The third-order valence-electron chi connectivity index (χ3n) is 2.88. The molecule has 1 amide bonds. The van der Waals surface area contributed by atoms with E-state index in [4.69, 9.17) is 0 Å². The highest BCUT2D eigenvalue weighted by atomic mass is 32.2. The van der Waals surface area contributed by atoms with Gasteiger partial charge in [-0.2, -0.15) is 0 Å². The number of rotatable bonds is 5. The van der Waals surface area contributed by atoms with Crippen LogP contribution in [0.4, 0.5) is 0 Å². The number of nitrogens with zero attached hydrogens (tertiary/aromatic N) is 1. The van der Waals surface area contributed by atoms with Crippen molar-refractivity contribution in [3.63, 3.8) is 0 Å². The molecule has 1 fully saturated rings. The van der Waals surface area contributed by atoms with Crippen LogP contribution in [0.15, 0.2) is 0 Å². The zero-order valence-corrected chi connectivity index (χ0v) is 11.0. The lowest BCUT2D eigenvalue weighted by atomic mass is 10.1. The first-order valence-electron chi connectivity index (χ1n) is 5.93. The molecule has 0 aromatic carbocycles. The molecule has 1 aliphatic rings. The van der Waals surface area contributed by atoms with Gasteiger partial charge in [0.05, 0.1) is 6.04 Å². The van der Waals surface area contributed by atoms with Crippen LogP contribution in [0.25, 0.3) is 0 Å². The van der Waals surface area contributed by atoms with E-state index in [9.17, 15) is 9.00 Å². The normalized spacial score (nSPS) is 20.5. The summed E-state index contributed by atoms with van der Waals surface area (Å²) in [5.41, 5.74) is 0. The number of amides is 1. The first-order chi connectivity index (χ1) is 7.61. The average molecular weight is 246 g/mol. The Morgan fingerprint density at radius 3 is 2.56 bits per heavy atom. The number of carbonyl (C=O) groups excluding carboxylic acids is 1. The van der Waals surface area contributed by atoms with Gasteiger partial charge in [0.15, 0.2) is 0 Å². The highest BCUT2D eigenvalue weighted by Gasteiger charge is 2.21. The molecule has 2 unspecified atom stereocenters. The van der Waals surface area contributed by atoms with Crippen LogP contribution in [0.2, 0.25) is 0 Å². The fraction of sp³-hybridized carbons (Fsp3) is 0.909. The summed E-state index contributed by atoms with van der Waals surface area (Å²) in [5.74, 6) is 0.791. The number of hydrogen-bond acceptors (Lipinski definition) is 3. The molecule has 0 radical (unpaired) electrons. The zero-order valence-electron chi connectivity index (χ0n) is 10.2. The Balaban J connectivity index is 2.26. The molecule has 0 spiro atoms. The topological polar surface area (TPSA) is 49.4 Å². The van der Waals surface area contributed by atoms with Gasteiger partial charge in [-0.25, -0.2) is 0 Å². The van der Waals surface area contributed by atoms with Gasteiger partial charge in [-0.1, -0.05) is 0 Å². The summed E-state index contributed by atoms with van der Waals surface area (Å²) in [6.45, 7) is 4.31. The molecule has 0 saturated carbocycles. The molecule has 5 heteroatoms. The monoisotopic (exact) mass is 246 g/mol. The second kappa shape index (κ2) is 7.01. The Morgan fingerprint density at radius 1 is 1.38 bits per heavy atom. The molecule has 94 valence electrons. The van der Waals surface area contributed by atoms with Crippen molar-refractivity contribution in [3.8, 4) is 0 Å². The minimum atomic E-state index is -0.787. The van der Waals surface area contributed by atoms with Gasteiger partial charge < -0.3 is 10.2 Å². The zero-order chi connectivity index (χ0) is 12.0. The summed E-state index contributed by atoms with van der Waals surface area (Å²) in [5, 5.41) is 3.13. The Bertz CT molecular complexity index is 252. The van der Waals surface area contributed by atoms with E-state index in [2.05, 4.69) is 5.32 Å². The summed E-state index contributed by atoms with van der Waals surface area (Å²) in [6, 6.07) is -0.151. The SMILES string of the molecule is CC(NCCS(C)=O)C(=O)N1CCCCC1. The van der Waals surface area contributed by atoms with Crippen LogP contribution in [0.3, 0.4) is 0 Å². The highest BCUT2D eigenvalue weighted by molar-refractivity contribution is 7.84. The molecule has 0 aliphatic carbocycles. The van der Waals surface area contributed by atoms with Crippen LogP contribution >= 0.6 is 0 Å². The average Bonchev–Trinajstić information content (AvgIpc) is 2.28. The van der Waals surface area contributed by atoms with Gasteiger partial charge >= 0.3 is 0 Å². The number of carbonyl (C=O) groups is 1. The number of nitrogens with one attached hydrogen (secondary N) is 1. The van der Waals surface area contributed by atoms with Crippen molar-refractivity contribution in [2.75, 3.05) is 31.6 Å². The third-order valence-corrected chi connectivity index (χ3v) is 3.66. The minimum absolute atomic E-state index is 0.151. The van der Waals surface area contributed by atoms with E-state index in [0.717, 1.165) is 25.9 Å². The maximum atomic E-state index is 12.0. The van der Waals surface area contributed by atoms with Crippen molar-refractivity contribution in [1.29, 1.82) is 0 Å². The van der Waals surface area contributed by atoms with Crippen LogP contribution in [0.1, 0.15) is 26.2 Å². The fourth-order valence-electron chi connectivity index (χ4n) is 1.89. The largest absolute Gasteiger partial charge is 0.341 e. The van der Waals surface area contributed by atoms with Gasteiger partial charge in [-0.3, -0.25) is 9.00 Å². The molecule has 1 N–H and O–H groups in total. The van der Waals surface area contributed by atoms with Gasteiger partial charge in [-0.05, 0) is 26.2 Å². The molecule has 1 saturated heterocycles. The molecule has 2 atom stereocenters. The van der Waals surface area contributed by atoms with Crippen LogP contribution in [0, 0.1) is 0 Å². The maximum Gasteiger partial charge on any atom is 0.239 e. The fourth-order valence-corrected chi connectivity index (χ4v) is 2.30. The lowest BCUT2D eigenvalue weighted by Gasteiger charge is -2.29. The number of hydrogen-bond donors (Lipinski definition) is 1. The van der Waals surface area contributed by atoms with Crippen LogP contribution in [-0.2, 0) is 15.6 Å². The Kier molecular flexibility index (Phi) is 5.98. The van der Waals surface area contributed by atoms with Crippen LogP contribution < -0.4 is 5.32 Å². The molecule has 1 aliphatic heterocycles. The summed E-state index contributed by atoms with van der Waals surface area (Å²) in [6.07, 6.45) is 5.16. The first-order valence-corrected chi connectivity index (χ1v) is 7.66. The van der Waals surface area contributed by atoms with Gasteiger partial charge in [0, 0.05) is 42.4 Å². The predicted molar refractivity (Wildman–Crippen MR) is 66.8 cm³/mol. The maximum absolute atomic E-state index is 12.0. The smallest absolute Gasteiger partial charge is 0.239 e. The molecule has 0 bridgehead atoms. The Morgan fingerprint density at radius 2 is 2.00 bits per heavy atom. The standard InChI is InChI=1S/C11H22N2O2S/c1-10(12-6-9-16(2)15)11(14)13-7-4-3-5-8-13/h10,12H,3-9H2,1-2H3. The molecule has 16 heavy (non-hydrogen) atoms. The van der Waals surface area contributed by atoms with Crippen molar-refractivity contribution in [2.24, 2.45) is 0 Å². The van der Waals surface area contributed by atoms with E-state index < -0.39 is 10.8 Å². The molecule has 4 nitrogen and oxygen atoms in total. The Labute approximate surface area is 100 Å². The van der Waals surface area contributed by atoms with E-state index in [1.165, 1.54) is 6.42 Å². The van der Waals surface area contributed by atoms with Gasteiger partial charge in [0.25, 0.3) is 0 Å². The summed E-state index contributed by atoms with van der Waals surface area (Å²) >= 11 is 0.